The maximum absolute atomic E-state index is 11.9. The molecule has 7 heteroatoms. The van der Waals surface area contributed by atoms with Gasteiger partial charge in [-0.15, -0.1) is 0 Å². The van der Waals surface area contributed by atoms with E-state index >= 15 is 0 Å². The molecular weight excluding hydrogens is 238 g/mol. The van der Waals surface area contributed by atoms with Crippen molar-refractivity contribution in [2.24, 2.45) is 0 Å². The van der Waals surface area contributed by atoms with Gasteiger partial charge in [0.2, 0.25) is 0 Å². The molecule has 1 aromatic rings. The van der Waals surface area contributed by atoms with Crippen molar-refractivity contribution in [2.45, 2.75) is 20.0 Å². The van der Waals surface area contributed by atoms with Gasteiger partial charge in [0.25, 0.3) is 5.91 Å². The molecule has 0 saturated carbocycles. The Bertz CT molecular complexity index is 568. The van der Waals surface area contributed by atoms with Gasteiger partial charge in [-0.25, -0.2) is 0 Å². The highest BCUT2D eigenvalue weighted by atomic mass is 16.6. The van der Waals surface area contributed by atoms with Crippen LogP contribution in [-0.4, -0.2) is 22.9 Å². The van der Waals surface area contributed by atoms with Crippen LogP contribution in [0.3, 0.4) is 0 Å². The van der Waals surface area contributed by atoms with Crippen LogP contribution in [0.5, 0.6) is 0 Å². The first kappa shape index (κ1) is 12.0. The lowest BCUT2D eigenvalue weighted by atomic mass is 10.0. The molecule has 1 aliphatic rings. The predicted octanol–water partition coefficient (Wildman–Crippen LogP) is 0.588. The van der Waals surface area contributed by atoms with E-state index < -0.39 is 22.9 Å². The average Bonchev–Trinajstić information content (AvgIpc) is 2.35. The molecule has 0 bridgehead atoms. The van der Waals surface area contributed by atoms with Crippen LogP contribution >= 0.6 is 0 Å². The van der Waals surface area contributed by atoms with Crippen molar-refractivity contribution in [1.29, 1.82) is 0 Å². The second kappa shape index (κ2) is 4.10. The summed E-state index contributed by atoms with van der Waals surface area (Å²) in [7, 11) is 0. The number of hydrogen-bond donors (Lipinski definition) is 2. The first-order chi connectivity index (χ1) is 8.40. The molecule has 0 aromatic heterocycles. The normalized spacial score (nSPS) is 18.4. The van der Waals surface area contributed by atoms with E-state index in [9.17, 15) is 19.7 Å². The first-order valence-corrected chi connectivity index (χ1v) is 5.26. The highest BCUT2D eigenvalue weighted by Gasteiger charge is 2.36. The standard InChI is InChI=1S/C11H11N3O4/c1-5-3-6(2)8-7(4-5)12-11(16)9(14(17)18)13-10(8)15/h3-4,9H,1-2H3,(H,12,16)(H,13,15). The Morgan fingerprint density at radius 3 is 2.56 bits per heavy atom. The number of amides is 2. The van der Waals surface area contributed by atoms with Crippen molar-refractivity contribution in [2.75, 3.05) is 5.32 Å². The predicted molar refractivity (Wildman–Crippen MR) is 62.8 cm³/mol. The summed E-state index contributed by atoms with van der Waals surface area (Å²) in [6.07, 6.45) is -1.76. The molecule has 2 rings (SSSR count). The summed E-state index contributed by atoms with van der Waals surface area (Å²) in [6, 6.07) is 3.39. The highest BCUT2D eigenvalue weighted by Crippen LogP contribution is 2.24. The molecule has 1 aromatic carbocycles. The number of hydrogen-bond acceptors (Lipinski definition) is 4. The van der Waals surface area contributed by atoms with Crippen molar-refractivity contribution in [3.05, 3.63) is 38.9 Å². The van der Waals surface area contributed by atoms with Crippen molar-refractivity contribution in [3.63, 3.8) is 0 Å². The van der Waals surface area contributed by atoms with Crippen LogP contribution in [0.15, 0.2) is 12.1 Å². The third kappa shape index (κ3) is 1.90. The molecule has 2 amide bonds. The molecule has 1 atom stereocenters. The van der Waals surface area contributed by atoms with E-state index in [0.717, 1.165) is 5.56 Å². The van der Waals surface area contributed by atoms with Gasteiger partial charge in [-0.2, -0.15) is 0 Å². The maximum Gasteiger partial charge on any atom is 0.365 e. The molecule has 1 heterocycles. The topological polar surface area (TPSA) is 101 Å². The van der Waals surface area contributed by atoms with E-state index in [2.05, 4.69) is 10.6 Å². The third-order valence-corrected chi connectivity index (χ3v) is 2.69. The number of nitrogens with one attached hydrogen (secondary N) is 2. The minimum absolute atomic E-state index is 0.262. The van der Waals surface area contributed by atoms with Crippen LogP contribution in [0, 0.1) is 24.0 Å². The fraction of sp³-hybridized carbons (Fsp3) is 0.273. The van der Waals surface area contributed by atoms with Crippen LogP contribution in [-0.2, 0) is 4.79 Å². The Morgan fingerprint density at radius 1 is 1.28 bits per heavy atom. The molecule has 7 nitrogen and oxygen atoms in total. The van der Waals surface area contributed by atoms with Crippen LogP contribution in [0.25, 0.3) is 0 Å². The Hall–Kier alpha value is -2.44. The number of carbonyl (C=O) groups excluding carboxylic acids is 2. The second-order valence-electron chi connectivity index (χ2n) is 4.15. The number of rotatable bonds is 1. The molecule has 94 valence electrons. The zero-order valence-electron chi connectivity index (χ0n) is 9.81. The Labute approximate surface area is 102 Å². The Kier molecular flexibility index (Phi) is 2.74. The van der Waals surface area contributed by atoms with E-state index in [1.54, 1.807) is 19.1 Å². The fourth-order valence-corrected chi connectivity index (χ4v) is 1.98. The van der Waals surface area contributed by atoms with E-state index in [0.29, 0.717) is 11.3 Å². The maximum atomic E-state index is 11.9. The minimum Gasteiger partial charge on any atom is -0.318 e. The summed E-state index contributed by atoms with van der Waals surface area (Å²) >= 11 is 0. The molecule has 1 aliphatic heterocycles. The van der Waals surface area contributed by atoms with Crippen LogP contribution in [0.2, 0.25) is 0 Å². The van der Waals surface area contributed by atoms with E-state index in [-0.39, 0.29) is 5.56 Å². The molecule has 0 radical (unpaired) electrons. The number of nitrogens with zero attached hydrogens (tertiary/aromatic N) is 1. The molecule has 0 fully saturated rings. The molecule has 0 aliphatic carbocycles. The van der Waals surface area contributed by atoms with Gasteiger partial charge in [-0.1, -0.05) is 6.07 Å². The lowest BCUT2D eigenvalue weighted by molar-refractivity contribution is -0.510. The summed E-state index contributed by atoms with van der Waals surface area (Å²) < 4.78 is 0. The molecule has 2 N–H and O–H groups in total. The van der Waals surface area contributed by atoms with Gasteiger partial charge in [0.05, 0.1) is 16.2 Å². The molecule has 0 saturated heterocycles. The van der Waals surface area contributed by atoms with Crippen molar-refractivity contribution < 1.29 is 14.5 Å². The van der Waals surface area contributed by atoms with Gasteiger partial charge in [0.15, 0.2) is 0 Å². The van der Waals surface area contributed by atoms with E-state index in [1.165, 1.54) is 0 Å². The molecule has 1 unspecified atom stereocenters. The van der Waals surface area contributed by atoms with Crippen LogP contribution < -0.4 is 10.6 Å². The summed E-state index contributed by atoms with van der Waals surface area (Å²) in [5.74, 6) is -1.47. The summed E-state index contributed by atoms with van der Waals surface area (Å²) in [5.41, 5.74) is 2.09. The van der Waals surface area contributed by atoms with Crippen molar-refractivity contribution in [3.8, 4) is 0 Å². The Balaban J connectivity index is 2.55. The number of benzene rings is 1. The van der Waals surface area contributed by atoms with Crippen molar-refractivity contribution >= 4 is 17.5 Å². The third-order valence-electron chi connectivity index (χ3n) is 2.69. The summed E-state index contributed by atoms with van der Waals surface area (Å²) in [6.45, 7) is 3.53. The van der Waals surface area contributed by atoms with Gasteiger partial charge in [-0.3, -0.25) is 25.0 Å². The lowest BCUT2D eigenvalue weighted by Crippen LogP contribution is -2.46. The largest absolute Gasteiger partial charge is 0.365 e. The number of fused-ring (bicyclic) bond motifs is 1. The molecule has 0 spiro atoms. The fourth-order valence-electron chi connectivity index (χ4n) is 1.98. The number of carbonyl (C=O) groups is 2. The summed E-state index contributed by atoms with van der Waals surface area (Å²) in [5, 5.41) is 15.2. The zero-order valence-corrected chi connectivity index (χ0v) is 9.81. The highest BCUT2D eigenvalue weighted by molar-refractivity contribution is 6.10. The van der Waals surface area contributed by atoms with Gasteiger partial charge in [-0.05, 0) is 31.0 Å². The monoisotopic (exact) mass is 249 g/mol. The molecular formula is C11H11N3O4. The van der Waals surface area contributed by atoms with Gasteiger partial charge in [0.1, 0.15) is 0 Å². The van der Waals surface area contributed by atoms with Crippen LogP contribution in [0.4, 0.5) is 5.69 Å². The Morgan fingerprint density at radius 2 is 1.94 bits per heavy atom. The van der Waals surface area contributed by atoms with Gasteiger partial charge in [0, 0.05) is 0 Å². The van der Waals surface area contributed by atoms with Crippen molar-refractivity contribution in [1.82, 2.24) is 5.32 Å². The number of nitro groups is 1. The van der Waals surface area contributed by atoms with E-state index in [1.807, 2.05) is 6.92 Å². The lowest BCUT2D eigenvalue weighted by Gasteiger charge is -2.08. The van der Waals surface area contributed by atoms with Gasteiger partial charge < -0.3 is 5.32 Å². The van der Waals surface area contributed by atoms with E-state index in [4.69, 9.17) is 0 Å². The van der Waals surface area contributed by atoms with Crippen LogP contribution in [0.1, 0.15) is 21.5 Å². The number of aryl methyl sites for hydroxylation is 2. The number of anilines is 1. The summed E-state index contributed by atoms with van der Waals surface area (Å²) in [4.78, 5) is 33.4. The zero-order chi connectivity index (χ0) is 13.4. The first-order valence-electron chi connectivity index (χ1n) is 5.26. The average molecular weight is 249 g/mol. The second-order valence-corrected chi connectivity index (χ2v) is 4.15. The quantitative estimate of drug-likeness (QED) is 0.561. The minimum atomic E-state index is -1.76. The smallest absolute Gasteiger partial charge is 0.318 e. The van der Waals surface area contributed by atoms with Gasteiger partial charge >= 0.3 is 12.1 Å². The molecule has 18 heavy (non-hydrogen) atoms. The SMILES string of the molecule is Cc1cc(C)c2c(c1)NC(=O)C([N+](=O)[O-])NC2=O.